The van der Waals surface area contributed by atoms with Crippen LogP contribution in [0.1, 0.15) is 42.9 Å². The lowest BCUT2D eigenvalue weighted by Crippen LogP contribution is -2.25. The van der Waals surface area contributed by atoms with Crippen molar-refractivity contribution in [3.8, 4) is 17.4 Å². The van der Waals surface area contributed by atoms with Gasteiger partial charge in [0.15, 0.2) is 0 Å². The van der Waals surface area contributed by atoms with Crippen molar-refractivity contribution in [3.63, 3.8) is 0 Å². The molecule has 0 bridgehead atoms. The molecule has 1 atom stereocenters. The Morgan fingerprint density at radius 1 is 1.10 bits per heavy atom. The van der Waals surface area contributed by atoms with E-state index in [-0.39, 0.29) is 11.7 Å². The minimum atomic E-state index is -0.209. The van der Waals surface area contributed by atoms with Crippen molar-refractivity contribution in [2.75, 3.05) is 31.5 Å². The van der Waals surface area contributed by atoms with E-state index in [1.54, 1.807) is 12.1 Å². The van der Waals surface area contributed by atoms with Gasteiger partial charge in [0.2, 0.25) is 5.88 Å². The molecule has 0 saturated heterocycles. The van der Waals surface area contributed by atoms with Gasteiger partial charge in [-0.15, -0.1) is 0 Å². The van der Waals surface area contributed by atoms with Crippen LogP contribution in [0.3, 0.4) is 0 Å². The maximum Gasteiger partial charge on any atom is 0.228 e. The fraction of sp³-hybridized carbons (Fsp3) is 0.333. The van der Waals surface area contributed by atoms with E-state index in [1.165, 1.54) is 6.33 Å². The number of anilines is 1. The molecule has 4 rings (SSSR count). The summed E-state index contributed by atoms with van der Waals surface area (Å²) < 4.78 is 6.07. The number of hydrogen-bond acceptors (Lipinski definition) is 6. The second-order valence-corrected chi connectivity index (χ2v) is 7.93. The zero-order chi connectivity index (χ0) is 21.8. The number of hydrogen-bond donors (Lipinski definition) is 2. The van der Waals surface area contributed by atoms with Gasteiger partial charge in [-0.25, -0.2) is 9.97 Å². The number of aromatic nitrogens is 2. The molecule has 0 amide bonds. The van der Waals surface area contributed by atoms with Gasteiger partial charge >= 0.3 is 0 Å². The minimum absolute atomic E-state index is 0.143. The second kappa shape index (κ2) is 9.54. The summed E-state index contributed by atoms with van der Waals surface area (Å²) in [6.45, 7) is 8.27. The lowest BCUT2D eigenvalue weighted by Gasteiger charge is -2.29. The Kier molecular flexibility index (Phi) is 6.59. The van der Waals surface area contributed by atoms with Crippen LogP contribution >= 0.6 is 11.6 Å². The summed E-state index contributed by atoms with van der Waals surface area (Å²) in [5, 5.41) is 14.1. The summed E-state index contributed by atoms with van der Waals surface area (Å²) in [5.41, 5.74) is 2.72. The van der Waals surface area contributed by atoms with E-state index in [0.29, 0.717) is 16.7 Å². The van der Waals surface area contributed by atoms with Gasteiger partial charge in [-0.3, -0.25) is 0 Å². The largest absolute Gasteiger partial charge is 0.508 e. The first-order valence-corrected chi connectivity index (χ1v) is 11.1. The number of halogens is 1. The first-order chi connectivity index (χ1) is 15.1. The molecule has 2 heterocycles. The number of rotatable bonds is 8. The average Bonchev–Trinajstić information content (AvgIpc) is 2.78. The van der Waals surface area contributed by atoms with Crippen molar-refractivity contribution in [1.29, 1.82) is 0 Å². The first-order valence-electron chi connectivity index (χ1n) is 10.7. The Morgan fingerprint density at radius 2 is 1.90 bits per heavy atom. The quantitative estimate of drug-likeness (QED) is 0.365. The van der Waals surface area contributed by atoms with Gasteiger partial charge in [0.05, 0.1) is 5.56 Å². The van der Waals surface area contributed by atoms with Crippen LogP contribution in [-0.2, 0) is 0 Å². The molecule has 0 radical (unpaired) electrons. The van der Waals surface area contributed by atoms with E-state index >= 15 is 0 Å². The van der Waals surface area contributed by atoms with Crippen molar-refractivity contribution in [2.24, 2.45) is 0 Å². The minimum Gasteiger partial charge on any atom is -0.508 e. The van der Waals surface area contributed by atoms with Gasteiger partial charge < -0.3 is 20.1 Å². The summed E-state index contributed by atoms with van der Waals surface area (Å²) in [4.78, 5) is 11.3. The Morgan fingerprint density at radius 3 is 2.68 bits per heavy atom. The van der Waals surface area contributed by atoms with Gasteiger partial charge in [-0.2, -0.15) is 0 Å². The highest BCUT2D eigenvalue weighted by Gasteiger charge is 2.34. The predicted octanol–water partition coefficient (Wildman–Crippen LogP) is 5.27. The van der Waals surface area contributed by atoms with Crippen LogP contribution in [0.2, 0.25) is 5.02 Å². The smallest absolute Gasteiger partial charge is 0.228 e. The summed E-state index contributed by atoms with van der Waals surface area (Å²) in [6.07, 6.45) is 2.51. The molecule has 0 aliphatic carbocycles. The third kappa shape index (κ3) is 4.45. The topological polar surface area (TPSA) is 70.5 Å². The van der Waals surface area contributed by atoms with Crippen molar-refractivity contribution in [2.45, 2.75) is 26.2 Å². The zero-order valence-electron chi connectivity index (χ0n) is 17.8. The lowest BCUT2D eigenvalue weighted by atomic mass is 9.83. The van der Waals surface area contributed by atoms with Crippen molar-refractivity contribution in [1.82, 2.24) is 14.9 Å². The Bertz CT molecular complexity index is 1060. The molecule has 0 spiro atoms. The summed E-state index contributed by atoms with van der Waals surface area (Å²) >= 11 is 6.61. The van der Waals surface area contributed by atoms with Crippen molar-refractivity contribution in [3.05, 3.63) is 70.5 Å². The van der Waals surface area contributed by atoms with Crippen LogP contribution in [0.5, 0.6) is 17.4 Å². The Labute approximate surface area is 187 Å². The van der Waals surface area contributed by atoms with Gasteiger partial charge in [0.1, 0.15) is 23.6 Å². The highest BCUT2D eigenvalue weighted by molar-refractivity contribution is 6.31. The molecule has 31 heavy (non-hydrogen) atoms. The maximum atomic E-state index is 9.98. The molecule has 162 valence electrons. The molecular weight excluding hydrogens is 412 g/mol. The monoisotopic (exact) mass is 438 g/mol. The zero-order valence-corrected chi connectivity index (χ0v) is 18.6. The van der Waals surface area contributed by atoms with Crippen molar-refractivity contribution < 1.29 is 9.84 Å². The van der Waals surface area contributed by atoms with E-state index in [0.717, 1.165) is 55.1 Å². The predicted molar refractivity (Wildman–Crippen MR) is 124 cm³/mol. The van der Waals surface area contributed by atoms with Crippen molar-refractivity contribution >= 4 is 17.4 Å². The normalized spacial score (nSPS) is 14.6. The molecule has 2 N–H and O–H groups in total. The number of benzene rings is 2. The fourth-order valence-electron chi connectivity index (χ4n) is 4.05. The standard InChI is InChI=1S/C24H27ClN4O2/c1-3-29(4-2)13-7-12-26-23-22-21(17-8-5-6-9-19(17)25)18-11-10-16(30)14-20(18)31-24(22)28-15-27-23/h5-6,8-11,14-15,21,30H,3-4,7,12-13H2,1-2H3,(H,26,27,28)/t21-/m1/s1. The summed E-state index contributed by atoms with van der Waals surface area (Å²) in [7, 11) is 0. The number of fused-ring (bicyclic) bond motifs is 2. The van der Waals surface area contributed by atoms with E-state index < -0.39 is 0 Å². The molecule has 0 saturated carbocycles. The van der Waals surface area contributed by atoms with Gasteiger partial charge in [0.25, 0.3) is 0 Å². The van der Waals surface area contributed by atoms with Gasteiger partial charge in [-0.05, 0) is 43.8 Å². The SMILES string of the molecule is CCN(CC)CCCNc1ncnc2c1[C@H](c1ccccc1Cl)c1ccc(O)cc1O2. The molecule has 1 aliphatic rings. The van der Waals surface area contributed by atoms with Crippen LogP contribution in [0, 0.1) is 0 Å². The highest BCUT2D eigenvalue weighted by atomic mass is 35.5. The molecule has 3 aromatic rings. The van der Waals surface area contributed by atoms with Gasteiger partial charge in [0, 0.05) is 29.1 Å². The fourth-order valence-corrected chi connectivity index (χ4v) is 4.30. The number of ether oxygens (including phenoxy) is 1. The molecule has 7 heteroatoms. The van der Waals surface area contributed by atoms with Crippen LogP contribution in [0.25, 0.3) is 0 Å². The molecule has 0 fully saturated rings. The third-order valence-electron chi connectivity index (χ3n) is 5.71. The number of nitrogens with zero attached hydrogens (tertiary/aromatic N) is 3. The van der Waals surface area contributed by atoms with Crippen LogP contribution < -0.4 is 10.1 Å². The average molecular weight is 439 g/mol. The van der Waals surface area contributed by atoms with Crippen LogP contribution in [-0.4, -0.2) is 46.2 Å². The summed E-state index contributed by atoms with van der Waals surface area (Å²) in [6, 6.07) is 12.9. The molecule has 1 aliphatic heterocycles. The molecule has 6 nitrogen and oxygen atoms in total. The Balaban J connectivity index is 1.70. The maximum absolute atomic E-state index is 9.98. The van der Waals surface area contributed by atoms with E-state index in [2.05, 4.69) is 34.0 Å². The Hall–Kier alpha value is -2.83. The molecular formula is C24H27ClN4O2. The summed E-state index contributed by atoms with van der Waals surface area (Å²) in [5.74, 6) is 1.73. The number of nitrogens with one attached hydrogen (secondary N) is 1. The van der Waals surface area contributed by atoms with Crippen LogP contribution in [0.15, 0.2) is 48.8 Å². The lowest BCUT2D eigenvalue weighted by molar-refractivity contribution is 0.303. The van der Waals surface area contributed by atoms with Gasteiger partial charge in [-0.1, -0.05) is 49.7 Å². The molecule has 2 aromatic carbocycles. The number of aromatic hydroxyl groups is 1. The second-order valence-electron chi connectivity index (χ2n) is 7.53. The van der Waals surface area contributed by atoms with Crippen LogP contribution in [0.4, 0.5) is 5.82 Å². The molecule has 1 aromatic heterocycles. The van der Waals surface area contributed by atoms with E-state index in [1.807, 2.05) is 30.3 Å². The number of phenols is 1. The molecule has 0 unspecified atom stereocenters. The highest BCUT2D eigenvalue weighted by Crippen LogP contribution is 2.50. The first kappa shape index (κ1) is 21.4. The number of phenolic OH excluding ortho intramolecular Hbond substituents is 1. The third-order valence-corrected chi connectivity index (χ3v) is 6.05. The van der Waals surface area contributed by atoms with E-state index in [9.17, 15) is 5.11 Å². The van der Waals surface area contributed by atoms with E-state index in [4.69, 9.17) is 16.3 Å².